The van der Waals surface area contributed by atoms with E-state index in [1.54, 1.807) is 19.1 Å². The molecule has 0 spiro atoms. The Morgan fingerprint density at radius 3 is 2.29 bits per heavy atom. The lowest BCUT2D eigenvalue weighted by Crippen LogP contribution is -2.15. The van der Waals surface area contributed by atoms with E-state index < -0.39 is 0 Å². The summed E-state index contributed by atoms with van der Waals surface area (Å²) in [6.07, 6.45) is 0. The zero-order valence-electron chi connectivity index (χ0n) is 12.0. The van der Waals surface area contributed by atoms with Crippen molar-refractivity contribution in [3.63, 3.8) is 0 Å². The number of nitrogens with one attached hydrogen (secondary N) is 1. The molecule has 21 heavy (non-hydrogen) atoms. The number of hydrogen-bond donors (Lipinski definition) is 2. The molecule has 0 aliphatic carbocycles. The Bertz CT molecular complexity index is 904. The van der Waals surface area contributed by atoms with Crippen LogP contribution in [0.4, 0.5) is 0 Å². The molecular weight excluding hydrogens is 264 g/mol. The lowest BCUT2D eigenvalue weighted by molar-refractivity contribution is 0.529. The van der Waals surface area contributed by atoms with Gasteiger partial charge in [0, 0.05) is 5.39 Å². The van der Waals surface area contributed by atoms with Crippen LogP contribution in [0.5, 0.6) is 0 Å². The number of allylic oxidation sites excluding steroid dienone is 1. The third-order valence-electron chi connectivity index (χ3n) is 3.58. The first-order chi connectivity index (χ1) is 9.90. The van der Waals surface area contributed by atoms with Gasteiger partial charge >= 0.3 is 0 Å². The van der Waals surface area contributed by atoms with Gasteiger partial charge in [0.1, 0.15) is 17.7 Å². The second-order valence-corrected chi connectivity index (χ2v) is 4.88. The van der Waals surface area contributed by atoms with E-state index in [1.165, 1.54) is 0 Å². The first kappa shape index (κ1) is 14.4. The van der Waals surface area contributed by atoms with E-state index in [-0.39, 0.29) is 16.8 Å². The van der Waals surface area contributed by atoms with Crippen molar-refractivity contribution >= 4 is 16.7 Å². The van der Waals surface area contributed by atoms with Gasteiger partial charge in [-0.25, -0.2) is 0 Å². The highest BCUT2D eigenvalue weighted by Crippen LogP contribution is 2.25. The minimum Gasteiger partial charge on any atom is -0.438 e. The molecule has 0 aliphatic heterocycles. The second-order valence-electron chi connectivity index (χ2n) is 4.88. The highest BCUT2D eigenvalue weighted by Gasteiger charge is 2.15. The zero-order chi connectivity index (χ0) is 15.7. The fourth-order valence-electron chi connectivity index (χ4n) is 2.23. The third kappa shape index (κ3) is 2.26. The molecule has 5 heteroatoms. The van der Waals surface area contributed by atoms with Crippen molar-refractivity contribution in [1.29, 1.82) is 15.9 Å². The van der Waals surface area contributed by atoms with Crippen molar-refractivity contribution in [2.45, 2.75) is 20.8 Å². The molecule has 0 aliphatic rings. The van der Waals surface area contributed by atoms with Crippen molar-refractivity contribution in [3.05, 3.63) is 45.5 Å². The van der Waals surface area contributed by atoms with Gasteiger partial charge in [-0.1, -0.05) is 0 Å². The van der Waals surface area contributed by atoms with Crippen molar-refractivity contribution in [2.75, 3.05) is 0 Å². The van der Waals surface area contributed by atoms with Gasteiger partial charge in [0.05, 0.1) is 11.3 Å². The van der Waals surface area contributed by atoms with Gasteiger partial charge in [-0.05, 0) is 49.6 Å². The van der Waals surface area contributed by atoms with Crippen LogP contribution in [-0.4, -0.2) is 0 Å². The molecule has 104 valence electrons. The lowest BCUT2D eigenvalue weighted by Gasteiger charge is -2.11. The Balaban J connectivity index is 2.95. The smallest absolute Gasteiger partial charge is 0.221 e. The SMILES string of the molecule is Cc1cc2oc(=N)c(C(N)=C(C#N)C#N)c(C)c2cc1C. The summed E-state index contributed by atoms with van der Waals surface area (Å²) in [7, 11) is 0. The molecule has 0 fully saturated rings. The minimum atomic E-state index is -0.218. The number of fused-ring (bicyclic) bond motifs is 1. The fraction of sp³-hybridized carbons (Fsp3) is 0.188. The normalized spacial score (nSPS) is 9.95. The second kappa shape index (κ2) is 5.15. The van der Waals surface area contributed by atoms with Crippen molar-refractivity contribution in [1.82, 2.24) is 0 Å². The molecule has 0 saturated heterocycles. The summed E-state index contributed by atoms with van der Waals surface area (Å²) < 4.78 is 5.50. The van der Waals surface area contributed by atoms with E-state index in [4.69, 9.17) is 26.1 Å². The van der Waals surface area contributed by atoms with Crippen LogP contribution < -0.4 is 11.3 Å². The molecule has 0 saturated carbocycles. The maximum Gasteiger partial charge on any atom is 0.221 e. The number of aryl methyl sites for hydroxylation is 3. The Morgan fingerprint density at radius 2 is 1.71 bits per heavy atom. The van der Waals surface area contributed by atoms with Crippen LogP contribution in [-0.2, 0) is 0 Å². The van der Waals surface area contributed by atoms with E-state index in [1.807, 2.05) is 26.0 Å². The minimum absolute atomic E-state index is 0.0219. The molecule has 0 amide bonds. The van der Waals surface area contributed by atoms with Crippen LogP contribution >= 0.6 is 0 Å². The number of nitrogens with zero attached hydrogens (tertiary/aromatic N) is 2. The van der Waals surface area contributed by atoms with Gasteiger partial charge in [0.15, 0.2) is 5.57 Å². The predicted molar refractivity (Wildman–Crippen MR) is 78.6 cm³/mol. The van der Waals surface area contributed by atoms with E-state index in [2.05, 4.69) is 0 Å². The van der Waals surface area contributed by atoms with E-state index in [0.29, 0.717) is 11.1 Å². The summed E-state index contributed by atoms with van der Waals surface area (Å²) in [6.45, 7) is 5.76. The first-order valence-electron chi connectivity index (χ1n) is 6.30. The summed E-state index contributed by atoms with van der Waals surface area (Å²) in [4.78, 5) is 0. The van der Waals surface area contributed by atoms with E-state index in [9.17, 15) is 0 Å². The monoisotopic (exact) mass is 278 g/mol. The average Bonchev–Trinajstić information content (AvgIpc) is 2.43. The number of hydrogen-bond acceptors (Lipinski definition) is 5. The molecule has 0 bridgehead atoms. The number of rotatable bonds is 1. The van der Waals surface area contributed by atoms with Gasteiger partial charge < -0.3 is 10.2 Å². The molecule has 0 atom stereocenters. The predicted octanol–water partition coefficient (Wildman–Crippen LogP) is 2.55. The molecule has 3 N–H and O–H groups in total. The van der Waals surface area contributed by atoms with Crippen molar-refractivity contribution in [3.8, 4) is 12.1 Å². The number of nitrogens with two attached hydrogens (primary N) is 1. The quantitative estimate of drug-likeness (QED) is 0.781. The Morgan fingerprint density at radius 1 is 1.14 bits per heavy atom. The van der Waals surface area contributed by atoms with Crippen LogP contribution in [0.3, 0.4) is 0 Å². The van der Waals surface area contributed by atoms with Gasteiger partial charge in [0.2, 0.25) is 5.55 Å². The largest absolute Gasteiger partial charge is 0.438 e. The maximum absolute atomic E-state index is 8.93. The zero-order valence-corrected chi connectivity index (χ0v) is 12.0. The summed E-state index contributed by atoms with van der Waals surface area (Å²) in [5.41, 5.74) is 9.26. The highest BCUT2D eigenvalue weighted by molar-refractivity contribution is 5.87. The molecule has 0 unspecified atom stereocenters. The summed E-state index contributed by atoms with van der Waals surface area (Å²) >= 11 is 0. The Kier molecular flexibility index (Phi) is 3.52. The summed E-state index contributed by atoms with van der Waals surface area (Å²) in [5, 5.41) is 26.7. The number of nitriles is 2. The molecule has 1 aromatic heterocycles. The summed E-state index contributed by atoms with van der Waals surface area (Å²) in [6, 6.07) is 7.31. The van der Waals surface area contributed by atoms with Crippen LogP contribution in [0.2, 0.25) is 0 Å². The summed E-state index contributed by atoms with van der Waals surface area (Å²) in [5.74, 6) is 0. The van der Waals surface area contributed by atoms with Gasteiger partial charge in [-0.2, -0.15) is 10.5 Å². The van der Waals surface area contributed by atoms with Gasteiger partial charge in [-0.15, -0.1) is 0 Å². The maximum atomic E-state index is 8.93. The van der Waals surface area contributed by atoms with Crippen LogP contribution in [0.15, 0.2) is 22.1 Å². The van der Waals surface area contributed by atoms with Crippen LogP contribution in [0.1, 0.15) is 22.3 Å². The topological polar surface area (TPSA) is 111 Å². The van der Waals surface area contributed by atoms with Gasteiger partial charge in [0.25, 0.3) is 0 Å². The average molecular weight is 278 g/mol. The van der Waals surface area contributed by atoms with E-state index in [0.717, 1.165) is 22.1 Å². The third-order valence-corrected chi connectivity index (χ3v) is 3.58. The Hall–Kier alpha value is -3.05. The van der Waals surface area contributed by atoms with Crippen molar-refractivity contribution < 1.29 is 4.42 Å². The fourth-order valence-corrected chi connectivity index (χ4v) is 2.23. The Labute approximate surface area is 122 Å². The molecule has 2 aromatic rings. The van der Waals surface area contributed by atoms with Gasteiger partial charge in [-0.3, -0.25) is 5.41 Å². The number of benzene rings is 1. The van der Waals surface area contributed by atoms with Crippen LogP contribution in [0.25, 0.3) is 16.7 Å². The first-order valence-corrected chi connectivity index (χ1v) is 6.30. The highest BCUT2D eigenvalue weighted by atomic mass is 16.3. The lowest BCUT2D eigenvalue weighted by atomic mass is 9.98. The molecule has 5 nitrogen and oxygen atoms in total. The molecule has 0 radical (unpaired) electrons. The van der Waals surface area contributed by atoms with Crippen LogP contribution in [0, 0.1) is 48.8 Å². The molecule has 2 rings (SSSR count). The molecular formula is C16H14N4O. The van der Waals surface area contributed by atoms with E-state index >= 15 is 0 Å². The molecule has 1 heterocycles. The molecule has 1 aromatic carbocycles. The standard InChI is InChI=1S/C16H14N4O/c1-8-4-12-10(3)14(15(19)11(6-17)7-18)16(20)21-13(12)5-9(8)2/h4-5,20H,19H2,1-3H3. The van der Waals surface area contributed by atoms with Crippen molar-refractivity contribution in [2.24, 2.45) is 5.73 Å².